The van der Waals surface area contributed by atoms with Gasteiger partial charge in [0.05, 0.1) is 17.1 Å². The Morgan fingerprint density at radius 3 is 2.53 bits per heavy atom. The minimum absolute atomic E-state index is 0.0140. The van der Waals surface area contributed by atoms with Gasteiger partial charge >= 0.3 is 0 Å². The van der Waals surface area contributed by atoms with Crippen LogP contribution in [0.2, 0.25) is 0 Å². The van der Waals surface area contributed by atoms with Crippen LogP contribution in [-0.2, 0) is 0 Å². The number of alkyl halides is 2. The van der Waals surface area contributed by atoms with Crippen LogP contribution in [0.3, 0.4) is 0 Å². The molecule has 1 saturated carbocycles. The van der Waals surface area contributed by atoms with Crippen LogP contribution in [0, 0.1) is 6.92 Å². The molecule has 0 amide bonds. The lowest BCUT2D eigenvalue weighted by Crippen LogP contribution is -2.54. The van der Waals surface area contributed by atoms with Gasteiger partial charge in [0.25, 0.3) is 5.92 Å². The Bertz CT molecular complexity index is 1230. The first-order valence-corrected chi connectivity index (χ1v) is 11.7. The van der Waals surface area contributed by atoms with E-state index in [0.717, 1.165) is 54.3 Å². The number of nitrogen functional groups attached to an aromatic ring is 1. The van der Waals surface area contributed by atoms with Gasteiger partial charge in [-0.15, -0.1) is 5.10 Å². The van der Waals surface area contributed by atoms with Crippen molar-refractivity contribution in [3.63, 3.8) is 0 Å². The number of aromatic nitrogens is 4. The number of fused-ring (bicyclic) bond motifs is 1. The molecule has 4 heterocycles. The quantitative estimate of drug-likeness (QED) is 0.537. The van der Waals surface area contributed by atoms with Gasteiger partial charge in [0.15, 0.2) is 5.82 Å². The molecule has 5 rings (SSSR count). The average Bonchev–Trinajstić information content (AvgIpc) is 3.18. The van der Waals surface area contributed by atoms with E-state index in [-0.39, 0.29) is 24.9 Å². The molecule has 3 N–H and O–H groups in total. The summed E-state index contributed by atoms with van der Waals surface area (Å²) in [5.74, 6) is -1.64. The van der Waals surface area contributed by atoms with Crippen LogP contribution in [0.25, 0.3) is 16.8 Å². The summed E-state index contributed by atoms with van der Waals surface area (Å²) in [6.07, 6.45) is 3.54. The normalized spacial score (nSPS) is 19.2. The van der Waals surface area contributed by atoms with Crippen molar-refractivity contribution in [1.82, 2.24) is 24.5 Å². The number of likely N-dealkylation sites (tertiary alicyclic amines) is 1. The summed E-state index contributed by atoms with van der Waals surface area (Å²) in [6, 6.07) is 6.02. The highest BCUT2D eigenvalue weighted by molar-refractivity contribution is 5.87. The smallest absolute Gasteiger partial charge is 0.251 e. The zero-order valence-electron chi connectivity index (χ0n) is 19.7. The number of hydrogen-bond acceptors (Lipinski definition) is 7. The topological polar surface area (TPSA) is 96.7 Å². The van der Waals surface area contributed by atoms with Gasteiger partial charge < -0.3 is 11.1 Å². The SMILES string of the molecule is CC(C)=Nc1ccc(-c2ccn3nc(NC4CCN(C5CC(F)(F)C5)CC4)nc(N)c23)nc1C. The predicted octanol–water partition coefficient (Wildman–Crippen LogP) is 4.47. The third-order valence-corrected chi connectivity index (χ3v) is 6.66. The molecule has 1 aliphatic heterocycles. The van der Waals surface area contributed by atoms with Crippen molar-refractivity contribution >= 4 is 28.7 Å². The number of nitrogens with one attached hydrogen (secondary N) is 1. The number of pyridine rings is 1. The van der Waals surface area contributed by atoms with Gasteiger partial charge in [0, 0.05) is 55.5 Å². The van der Waals surface area contributed by atoms with Gasteiger partial charge in [-0.1, -0.05) is 0 Å². The zero-order chi connectivity index (χ0) is 24.0. The molecule has 0 unspecified atom stereocenters. The highest BCUT2D eigenvalue weighted by atomic mass is 19.3. The maximum Gasteiger partial charge on any atom is 0.251 e. The summed E-state index contributed by atoms with van der Waals surface area (Å²) in [7, 11) is 0. The first-order chi connectivity index (χ1) is 16.2. The van der Waals surface area contributed by atoms with Crippen LogP contribution in [-0.4, -0.2) is 61.3 Å². The van der Waals surface area contributed by atoms with Crippen LogP contribution in [0.1, 0.15) is 45.2 Å². The molecule has 0 spiro atoms. The third-order valence-electron chi connectivity index (χ3n) is 6.66. The van der Waals surface area contributed by atoms with E-state index < -0.39 is 5.92 Å². The Morgan fingerprint density at radius 2 is 1.88 bits per heavy atom. The van der Waals surface area contributed by atoms with E-state index in [9.17, 15) is 8.78 Å². The van der Waals surface area contributed by atoms with Crippen LogP contribution >= 0.6 is 0 Å². The largest absolute Gasteiger partial charge is 0.382 e. The Morgan fingerprint density at radius 1 is 1.15 bits per heavy atom. The molecule has 10 heteroatoms. The molecular weight excluding hydrogens is 438 g/mol. The summed E-state index contributed by atoms with van der Waals surface area (Å²) < 4.78 is 28.1. The summed E-state index contributed by atoms with van der Waals surface area (Å²) in [4.78, 5) is 15.9. The standard InChI is InChI=1S/C24H30F2N8/c1-14(2)28-19-4-5-20(29-15(19)3)18-8-11-34-21(18)22(27)31-23(32-34)30-16-6-9-33(10-7-16)17-12-24(25,26)13-17/h4-5,8,11,16-17H,6-7,9-10,12-13H2,1-3H3,(H3,27,30,31,32). The van der Waals surface area contributed by atoms with Crippen LogP contribution in [0.5, 0.6) is 0 Å². The summed E-state index contributed by atoms with van der Waals surface area (Å²) in [5, 5.41) is 7.99. The lowest BCUT2D eigenvalue weighted by molar-refractivity contribution is -0.127. The van der Waals surface area contributed by atoms with Crippen molar-refractivity contribution in [2.24, 2.45) is 4.99 Å². The number of halogens is 2. The number of piperidine rings is 1. The second-order valence-corrected chi connectivity index (χ2v) is 9.58. The van der Waals surface area contributed by atoms with Gasteiger partial charge in [0.2, 0.25) is 5.95 Å². The minimum atomic E-state index is -2.48. The molecule has 180 valence electrons. The first-order valence-electron chi connectivity index (χ1n) is 11.7. The minimum Gasteiger partial charge on any atom is -0.382 e. The van der Waals surface area contributed by atoms with Gasteiger partial charge in [-0.3, -0.25) is 14.9 Å². The first kappa shape index (κ1) is 22.6. The molecule has 2 aliphatic rings. The molecule has 0 atom stereocenters. The summed E-state index contributed by atoms with van der Waals surface area (Å²) >= 11 is 0. The van der Waals surface area contributed by atoms with Gasteiger partial charge in [-0.2, -0.15) is 4.98 Å². The number of nitrogens with zero attached hydrogens (tertiary/aromatic N) is 6. The zero-order valence-corrected chi connectivity index (χ0v) is 19.7. The molecule has 3 aromatic heterocycles. The van der Waals surface area contributed by atoms with Crippen molar-refractivity contribution in [2.45, 2.75) is 64.5 Å². The van der Waals surface area contributed by atoms with Crippen LogP contribution < -0.4 is 11.1 Å². The number of aryl methyl sites for hydroxylation is 1. The third kappa shape index (κ3) is 4.46. The fourth-order valence-corrected chi connectivity index (χ4v) is 4.86. The average molecular weight is 469 g/mol. The molecule has 1 saturated heterocycles. The lowest BCUT2D eigenvalue weighted by atomic mass is 9.85. The van der Waals surface area contributed by atoms with Crippen molar-refractivity contribution in [1.29, 1.82) is 0 Å². The fourth-order valence-electron chi connectivity index (χ4n) is 4.86. The Labute approximate surface area is 197 Å². The molecule has 0 bridgehead atoms. The Hall–Kier alpha value is -3.14. The number of rotatable bonds is 5. The molecule has 1 aliphatic carbocycles. The highest BCUT2D eigenvalue weighted by Crippen LogP contribution is 2.41. The van der Waals surface area contributed by atoms with Gasteiger partial charge in [0.1, 0.15) is 5.52 Å². The fraction of sp³-hybridized carbons (Fsp3) is 0.500. The number of nitrogens with two attached hydrogens (primary N) is 1. The van der Waals surface area contributed by atoms with Crippen LogP contribution in [0.4, 0.5) is 26.2 Å². The second-order valence-electron chi connectivity index (χ2n) is 9.58. The molecule has 8 nitrogen and oxygen atoms in total. The number of anilines is 2. The Kier molecular flexibility index (Phi) is 5.71. The van der Waals surface area contributed by atoms with Crippen molar-refractivity contribution in [3.05, 3.63) is 30.1 Å². The molecule has 34 heavy (non-hydrogen) atoms. The van der Waals surface area contributed by atoms with E-state index in [2.05, 4.69) is 25.3 Å². The molecule has 0 radical (unpaired) electrons. The van der Waals surface area contributed by atoms with E-state index in [0.29, 0.717) is 17.3 Å². The monoisotopic (exact) mass is 468 g/mol. The van der Waals surface area contributed by atoms with E-state index in [1.165, 1.54) is 0 Å². The van der Waals surface area contributed by atoms with E-state index in [1.807, 2.05) is 45.2 Å². The maximum absolute atomic E-state index is 13.2. The second kappa shape index (κ2) is 8.57. The number of aliphatic imine (C=N–C) groups is 1. The summed E-state index contributed by atoms with van der Waals surface area (Å²) in [5.41, 5.74) is 11.4. The van der Waals surface area contributed by atoms with Crippen molar-refractivity contribution in [3.8, 4) is 11.3 Å². The molecule has 2 fully saturated rings. The molecular formula is C24H30F2N8. The number of hydrogen-bond donors (Lipinski definition) is 2. The molecule has 3 aromatic rings. The highest BCUT2D eigenvalue weighted by Gasteiger charge is 2.48. The van der Waals surface area contributed by atoms with Gasteiger partial charge in [-0.25, -0.2) is 13.3 Å². The summed E-state index contributed by atoms with van der Waals surface area (Å²) in [6.45, 7) is 7.45. The van der Waals surface area contributed by atoms with Gasteiger partial charge in [-0.05, 0) is 51.8 Å². The van der Waals surface area contributed by atoms with Crippen molar-refractivity contribution < 1.29 is 8.78 Å². The predicted molar refractivity (Wildman–Crippen MR) is 130 cm³/mol. The van der Waals surface area contributed by atoms with Crippen molar-refractivity contribution in [2.75, 3.05) is 24.1 Å². The Balaban J connectivity index is 1.30. The van der Waals surface area contributed by atoms with E-state index in [1.54, 1.807) is 4.52 Å². The van der Waals surface area contributed by atoms with Crippen LogP contribution in [0.15, 0.2) is 29.4 Å². The van der Waals surface area contributed by atoms with E-state index in [4.69, 9.17) is 10.7 Å². The lowest BCUT2D eigenvalue weighted by Gasteiger charge is -2.45. The maximum atomic E-state index is 13.2. The molecule has 0 aromatic carbocycles. The van der Waals surface area contributed by atoms with E-state index >= 15 is 0 Å².